The minimum Gasteiger partial charge on any atom is -0.481 e. The summed E-state index contributed by atoms with van der Waals surface area (Å²) >= 11 is 0. The molecule has 2 N–H and O–H groups in total. The summed E-state index contributed by atoms with van der Waals surface area (Å²) in [6.07, 6.45) is -0.651. The van der Waals surface area contributed by atoms with E-state index in [1.807, 2.05) is 12.1 Å². The van der Waals surface area contributed by atoms with Gasteiger partial charge in [-0.3, -0.25) is 4.79 Å². The molecule has 1 aromatic rings. The molecule has 4 heterocycles. The second-order valence-electron chi connectivity index (χ2n) is 8.09. The molecule has 8 nitrogen and oxygen atoms in total. The van der Waals surface area contributed by atoms with Gasteiger partial charge in [0.15, 0.2) is 0 Å². The van der Waals surface area contributed by atoms with Crippen molar-refractivity contribution >= 4 is 5.91 Å². The van der Waals surface area contributed by atoms with E-state index in [0.29, 0.717) is 25.4 Å². The maximum atomic E-state index is 13.3. The maximum absolute atomic E-state index is 13.3. The molecule has 3 aliphatic rings. The van der Waals surface area contributed by atoms with Crippen molar-refractivity contribution in [2.24, 2.45) is 0 Å². The zero-order valence-corrected chi connectivity index (χ0v) is 16.8. The number of nitrogens with one attached hydrogen (secondary N) is 1. The van der Waals surface area contributed by atoms with Crippen LogP contribution in [0, 0.1) is 0 Å². The Balaban J connectivity index is 1.22. The molecule has 1 amide bonds. The molecule has 5 atom stereocenters. The minimum absolute atomic E-state index is 0.0306. The largest absolute Gasteiger partial charge is 0.481 e. The van der Waals surface area contributed by atoms with Gasteiger partial charge >= 0.3 is 0 Å². The number of carbonyl (C=O) groups excluding carboxylic acids is 1. The SMILES string of the molecule is COc1ncccc1CNC[C@H]1O[C@@H]2C[C@@H](CC(=O)N3CCC(F)(F)C3)O[C@@H]2[C@@H]1O. The standard InChI is InChI=1S/C20H27F2N3O5/c1-28-19-12(3-2-5-24-19)9-23-10-15-17(27)18-14(30-15)7-13(29-18)8-16(26)25-6-4-20(21,22)11-25/h2-3,5,13-15,17-18,23,27H,4,6-11H2,1H3/t13-,14+,15+,17+,18-/m0/s1. The van der Waals surface area contributed by atoms with Crippen LogP contribution in [-0.4, -0.2) is 84.1 Å². The van der Waals surface area contributed by atoms with Gasteiger partial charge in [0.1, 0.15) is 12.2 Å². The third-order valence-electron chi connectivity index (χ3n) is 5.91. The third kappa shape index (κ3) is 4.56. The molecule has 0 saturated carbocycles. The number of amides is 1. The number of rotatable bonds is 7. The normalized spacial score (nSPS) is 32.4. The predicted octanol–water partition coefficient (Wildman–Crippen LogP) is 0.723. The van der Waals surface area contributed by atoms with Crippen molar-refractivity contribution in [3.05, 3.63) is 23.9 Å². The minimum atomic E-state index is -2.80. The van der Waals surface area contributed by atoms with Crippen molar-refractivity contribution in [2.75, 3.05) is 26.7 Å². The van der Waals surface area contributed by atoms with Crippen LogP contribution in [0.2, 0.25) is 0 Å². The molecule has 3 saturated heterocycles. The highest BCUT2D eigenvalue weighted by Crippen LogP contribution is 2.36. The maximum Gasteiger partial charge on any atom is 0.267 e. The average molecular weight is 427 g/mol. The number of pyridine rings is 1. The van der Waals surface area contributed by atoms with E-state index in [2.05, 4.69) is 10.3 Å². The van der Waals surface area contributed by atoms with Gasteiger partial charge in [0.25, 0.3) is 5.92 Å². The second-order valence-corrected chi connectivity index (χ2v) is 8.09. The molecule has 0 spiro atoms. The van der Waals surface area contributed by atoms with Gasteiger partial charge in [-0.1, -0.05) is 6.07 Å². The molecule has 1 aromatic heterocycles. The zero-order chi connectivity index (χ0) is 21.3. The Kier molecular flexibility index (Phi) is 6.19. The molecular formula is C20H27F2N3O5. The lowest BCUT2D eigenvalue weighted by molar-refractivity contribution is -0.135. The Morgan fingerprint density at radius 2 is 2.30 bits per heavy atom. The number of halogens is 2. The molecule has 30 heavy (non-hydrogen) atoms. The monoisotopic (exact) mass is 427 g/mol. The van der Waals surface area contributed by atoms with Crippen LogP contribution in [-0.2, 0) is 20.8 Å². The van der Waals surface area contributed by atoms with E-state index in [0.717, 1.165) is 5.56 Å². The molecule has 0 unspecified atom stereocenters. The summed E-state index contributed by atoms with van der Waals surface area (Å²) in [4.78, 5) is 17.6. The Morgan fingerprint density at radius 1 is 1.47 bits per heavy atom. The molecule has 3 fully saturated rings. The van der Waals surface area contributed by atoms with Gasteiger partial charge in [-0.25, -0.2) is 13.8 Å². The first kappa shape index (κ1) is 21.4. The van der Waals surface area contributed by atoms with Crippen LogP contribution < -0.4 is 10.1 Å². The van der Waals surface area contributed by atoms with Crippen LogP contribution >= 0.6 is 0 Å². The molecular weight excluding hydrogens is 400 g/mol. The number of hydrogen-bond donors (Lipinski definition) is 2. The highest BCUT2D eigenvalue weighted by molar-refractivity contribution is 5.77. The number of hydrogen-bond acceptors (Lipinski definition) is 7. The number of aliphatic hydroxyl groups is 1. The molecule has 10 heteroatoms. The Bertz CT molecular complexity index is 768. The van der Waals surface area contributed by atoms with E-state index in [9.17, 15) is 18.7 Å². The first-order valence-electron chi connectivity index (χ1n) is 10.2. The smallest absolute Gasteiger partial charge is 0.267 e. The second kappa shape index (κ2) is 8.70. The van der Waals surface area contributed by atoms with Gasteiger partial charge in [0.05, 0.1) is 38.4 Å². The number of carbonyl (C=O) groups is 1. The van der Waals surface area contributed by atoms with Gasteiger partial charge in [0, 0.05) is 44.2 Å². The lowest BCUT2D eigenvalue weighted by Gasteiger charge is -2.22. The van der Waals surface area contributed by atoms with E-state index in [-0.39, 0.29) is 31.4 Å². The van der Waals surface area contributed by atoms with Crippen molar-refractivity contribution in [1.82, 2.24) is 15.2 Å². The summed E-state index contributed by atoms with van der Waals surface area (Å²) in [6.45, 7) is 0.472. The number of alkyl halides is 2. The number of aromatic nitrogens is 1. The first-order valence-corrected chi connectivity index (χ1v) is 10.2. The fraction of sp³-hybridized carbons (Fsp3) is 0.700. The summed E-state index contributed by atoms with van der Waals surface area (Å²) in [5.41, 5.74) is 0.898. The van der Waals surface area contributed by atoms with Gasteiger partial charge in [0.2, 0.25) is 11.8 Å². The van der Waals surface area contributed by atoms with Crippen LogP contribution in [0.4, 0.5) is 8.78 Å². The highest BCUT2D eigenvalue weighted by Gasteiger charge is 2.51. The lowest BCUT2D eigenvalue weighted by Crippen LogP contribution is -2.39. The zero-order valence-electron chi connectivity index (χ0n) is 16.8. The molecule has 0 aromatic carbocycles. The van der Waals surface area contributed by atoms with E-state index in [4.69, 9.17) is 14.2 Å². The van der Waals surface area contributed by atoms with E-state index < -0.39 is 36.9 Å². The van der Waals surface area contributed by atoms with Crippen LogP contribution in [0.5, 0.6) is 5.88 Å². The Hall–Kier alpha value is -1.88. The summed E-state index contributed by atoms with van der Waals surface area (Å²) in [6, 6.07) is 3.73. The molecule has 0 bridgehead atoms. The number of nitrogens with zero attached hydrogens (tertiary/aromatic N) is 2. The van der Waals surface area contributed by atoms with Gasteiger partial charge in [-0.05, 0) is 6.07 Å². The fourth-order valence-corrected chi connectivity index (χ4v) is 4.37. The van der Waals surface area contributed by atoms with E-state index in [1.54, 1.807) is 13.3 Å². The van der Waals surface area contributed by atoms with Crippen molar-refractivity contribution in [1.29, 1.82) is 0 Å². The van der Waals surface area contributed by atoms with Crippen LogP contribution in [0.1, 0.15) is 24.8 Å². The lowest BCUT2D eigenvalue weighted by atomic mass is 10.1. The first-order chi connectivity index (χ1) is 14.4. The Morgan fingerprint density at radius 3 is 3.00 bits per heavy atom. The number of ether oxygens (including phenoxy) is 3. The summed E-state index contributed by atoms with van der Waals surface area (Å²) in [5, 5.41) is 13.8. The van der Waals surface area contributed by atoms with Crippen LogP contribution in [0.15, 0.2) is 18.3 Å². The van der Waals surface area contributed by atoms with Crippen molar-refractivity contribution < 1.29 is 32.9 Å². The van der Waals surface area contributed by atoms with Gasteiger partial charge in [-0.15, -0.1) is 0 Å². The van der Waals surface area contributed by atoms with Crippen LogP contribution in [0.25, 0.3) is 0 Å². The fourth-order valence-electron chi connectivity index (χ4n) is 4.37. The summed E-state index contributed by atoms with van der Waals surface area (Å²) < 4.78 is 43.6. The van der Waals surface area contributed by atoms with Crippen molar-refractivity contribution in [3.63, 3.8) is 0 Å². The summed E-state index contributed by atoms with van der Waals surface area (Å²) in [5.74, 6) is -2.60. The number of methoxy groups -OCH3 is 1. The topological polar surface area (TPSA) is 93.2 Å². The third-order valence-corrected chi connectivity index (χ3v) is 5.91. The molecule has 0 aliphatic carbocycles. The van der Waals surface area contributed by atoms with Crippen LogP contribution in [0.3, 0.4) is 0 Å². The average Bonchev–Trinajstić information content (AvgIpc) is 3.36. The van der Waals surface area contributed by atoms with E-state index in [1.165, 1.54) is 4.90 Å². The van der Waals surface area contributed by atoms with Gasteiger partial charge < -0.3 is 29.5 Å². The quantitative estimate of drug-likeness (QED) is 0.663. The van der Waals surface area contributed by atoms with Gasteiger partial charge in [-0.2, -0.15) is 0 Å². The molecule has 166 valence electrons. The predicted molar refractivity (Wildman–Crippen MR) is 101 cm³/mol. The molecule has 0 radical (unpaired) electrons. The number of fused-ring (bicyclic) bond motifs is 1. The van der Waals surface area contributed by atoms with E-state index >= 15 is 0 Å². The molecule has 3 aliphatic heterocycles. The Labute approximate surface area is 173 Å². The summed E-state index contributed by atoms with van der Waals surface area (Å²) in [7, 11) is 1.56. The van der Waals surface area contributed by atoms with Crippen molar-refractivity contribution in [2.45, 2.75) is 62.2 Å². The highest BCUT2D eigenvalue weighted by atomic mass is 19.3. The molecule has 4 rings (SSSR count). The van der Waals surface area contributed by atoms with Crippen molar-refractivity contribution in [3.8, 4) is 5.88 Å². The number of likely N-dealkylation sites (tertiary alicyclic amines) is 1. The number of aliphatic hydroxyl groups excluding tert-OH is 1.